The van der Waals surface area contributed by atoms with E-state index in [-0.39, 0.29) is 12.1 Å². The zero-order valence-corrected chi connectivity index (χ0v) is 13.1. The van der Waals surface area contributed by atoms with Crippen LogP contribution in [0, 0.1) is 12.8 Å². The number of furan rings is 1. The zero-order valence-electron chi connectivity index (χ0n) is 13.1. The van der Waals surface area contributed by atoms with Crippen molar-refractivity contribution in [1.82, 2.24) is 4.90 Å². The molecule has 1 heterocycles. The van der Waals surface area contributed by atoms with Crippen molar-refractivity contribution in [1.29, 1.82) is 0 Å². The molecule has 0 saturated heterocycles. The highest BCUT2D eigenvalue weighted by atomic mass is 16.3. The molecule has 1 aromatic heterocycles. The number of hydrogen-bond donors (Lipinski definition) is 1. The summed E-state index contributed by atoms with van der Waals surface area (Å²) in [7, 11) is 0. The Hall–Kier alpha value is -0.800. The lowest BCUT2D eigenvalue weighted by molar-refractivity contribution is 0.134. The molecule has 0 saturated carbocycles. The maximum atomic E-state index is 6.21. The van der Waals surface area contributed by atoms with E-state index < -0.39 is 0 Å². The highest BCUT2D eigenvalue weighted by Gasteiger charge is 2.27. The molecule has 1 aromatic rings. The summed E-state index contributed by atoms with van der Waals surface area (Å²) in [4.78, 5) is 2.46. The summed E-state index contributed by atoms with van der Waals surface area (Å²) >= 11 is 0. The molecule has 0 aliphatic rings. The summed E-state index contributed by atoms with van der Waals surface area (Å²) in [6, 6.07) is 4.34. The lowest BCUT2D eigenvalue weighted by Crippen LogP contribution is -2.41. The van der Waals surface area contributed by atoms with Gasteiger partial charge in [0.05, 0.1) is 6.04 Å². The van der Waals surface area contributed by atoms with Gasteiger partial charge in [-0.1, -0.05) is 33.6 Å². The molecular formula is C16H30N2O. The number of nitrogens with two attached hydrogens (primary N) is 1. The Morgan fingerprint density at radius 3 is 2.21 bits per heavy atom. The van der Waals surface area contributed by atoms with Gasteiger partial charge in [-0.25, -0.2) is 0 Å². The predicted octanol–water partition coefficient (Wildman–Crippen LogP) is 3.73. The fraction of sp³-hybridized carbons (Fsp3) is 0.750. The smallest absolute Gasteiger partial charge is 0.122 e. The van der Waals surface area contributed by atoms with Crippen LogP contribution in [0.5, 0.6) is 0 Å². The van der Waals surface area contributed by atoms with E-state index in [9.17, 15) is 0 Å². The lowest BCUT2D eigenvalue weighted by Gasteiger charge is -2.34. The van der Waals surface area contributed by atoms with Gasteiger partial charge < -0.3 is 10.2 Å². The topological polar surface area (TPSA) is 42.4 Å². The van der Waals surface area contributed by atoms with Gasteiger partial charge >= 0.3 is 0 Å². The van der Waals surface area contributed by atoms with E-state index in [0.29, 0.717) is 0 Å². The largest absolute Gasteiger partial charge is 0.465 e. The third-order valence-corrected chi connectivity index (χ3v) is 4.00. The highest BCUT2D eigenvalue weighted by Crippen LogP contribution is 2.27. The van der Waals surface area contributed by atoms with Gasteiger partial charge in [-0.05, 0) is 38.4 Å². The minimum Gasteiger partial charge on any atom is -0.465 e. The standard InChI is InChI=1S/C16H30N2O/c1-6-14(7-2)11-18(8-3)16(13(5)17)15-10-9-12(4)19-15/h9-10,13-14,16H,6-8,11,17H2,1-5H3. The Balaban J connectivity index is 2.89. The summed E-state index contributed by atoms with van der Waals surface area (Å²) in [5.41, 5.74) is 6.21. The second-order valence-corrected chi connectivity index (χ2v) is 5.52. The molecule has 3 nitrogen and oxygen atoms in total. The normalized spacial score (nSPS) is 15.2. The van der Waals surface area contributed by atoms with Gasteiger partial charge in [0.15, 0.2) is 0 Å². The van der Waals surface area contributed by atoms with Crippen LogP contribution >= 0.6 is 0 Å². The molecule has 0 spiro atoms. The molecule has 2 unspecified atom stereocenters. The highest BCUT2D eigenvalue weighted by molar-refractivity contribution is 5.12. The molecule has 0 bridgehead atoms. The van der Waals surface area contributed by atoms with Gasteiger partial charge in [0.1, 0.15) is 11.5 Å². The Labute approximate surface area is 118 Å². The van der Waals surface area contributed by atoms with Crippen LogP contribution in [-0.2, 0) is 0 Å². The molecule has 3 heteroatoms. The van der Waals surface area contributed by atoms with E-state index in [1.165, 1.54) is 12.8 Å². The minimum atomic E-state index is 0.0693. The van der Waals surface area contributed by atoms with E-state index in [1.807, 2.05) is 13.0 Å². The molecule has 110 valence electrons. The SMILES string of the molecule is CCC(CC)CN(CC)C(c1ccc(C)o1)C(C)N. The zero-order chi connectivity index (χ0) is 14.4. The van der Waals surface area contributed by atoms with Crippen LogP contribution < -0.4 is 5.73 Å². The third-order valence-electron chi connectivity index (χ3n) is 4.00. The van der Waals surface area contributed by atoms with Crippen molar-refractivity contribution >= 4 is 0 Å². The first kappa shape index (κ1) is 16.3. The van der Waals surface area contributed by atoms with Crippen LogP contribution in [0.1, 0.15) is 58.1 Å². The van der Waals surface area contributed by atoms with Crippen LogP contribution in [0.4, 0.5) is 0 Å². The Bertz CT molecular complexity index is 355. The minimum absolute atomic E-state index is 0.0693. The second-order valence-electron chi connectivity index (χ2n) is 5.52. The van der Waals surface area contributed by atoms with Crippen LogP contribution in [-0.4, -0.2) is 24.0 Å². The quantitative estimate of drug-likeness (QED) is 0.779. The van der Waals surface area contributed by atoms with E-state index >= 15 is 0 Å². The summed E-state index contributed by atoms with van der Waals surface area (Å²) in [5.74, 6) is 2.69. The van der Waals surface area contributed by atoms with Crippen LogP contribution in [0.2, 0.25) is 0 Å². The van der Waals surface area contributed by atoms with Crippen molar-refractivity contribution in [2.75, 3.05) is 13.1 Å². The Kier molecular flexibility index (Phi) is 6.59. The molecule has 0 aliphatic carbocycles. The number of aryl methyl sites for hydroxylation is 1. The summed E-state index contributed by atoms with van der Waals surface area (Å²) in [6.45, 7) is 12.9. The lowest BCUT2D eigenvalue weighted by atomic mass is 9.99. The van der Waals surface area contributed by atoms with Gasteiger partial charge in [0.25, 0.3) is 0 Å². The Morgan fingerprint density at radius 2 is 1.84 bits per heavy atom. The molecule has 0 amide bonds. The molecular weight excluding hydrogens is 236 g/mol. The van der Waals surface area contributed by atoms with E-state index in [2.05, 4.69) is 38.7 Å². The number of hydrogen-bond acceptors (Lipinski definition) is 3. The van der Waals surface area contributed by atoms with Crippen LogP contribution in [0.25, 0.3) is 0 Å². The van der Waals surface area contributed by atoms with Crippen molar-refractivity contribution in [3.8, 4) is 0 Å². The molecule has 19 heavy (non-hydrogen) atoms. The first-order chi connectivity index (χ1) is 9.03. The maximum absolute atomic E-state index is 6.21. The average Bonchev–Trinajstić information content (AvgIpc) is 2.80. The van der Waals surface area contributed by atoms with Crippen molar-refractivity contribution in [2.24, 2.45) is 11.7 Å². The van der Waals surface area contributed by atoms with Gasteiger partial charge in [-0.3, -0.25) is 4.90 Å². The molecule has 0 aromatic carbocycles. The van der Waals surface area contributed by atoms with Crippen molar-refractivity contribution in [3.63, 3.8) is 0 Å². The van der Waals surface area contributed by atoms with Crippen molar-refractivity contribution in [3.05, 3.63) is 23.7 Å². The number of rotatable bonds is 8. The van der Waals surface area contributed by atoms with Crippen molar-refractivity contribution < 1.29 is 4.42 Å². The van der Waals surface area contributed by atoms with Gasteiger partial charge in [-0.15, -0.1) is 0 Å². The first-order valence-corrected chi connectivity index (χ1v) is 7.59. The second kappa shape index (κ2) is 7.71. The summed E-state index contributed by atoms with van der Waals surface area (Å²) in [6.07, 6.45) is 2.44. The first-order valence-electron chi connectivity index (χ1n) is 7.59. The molecule has 0 radical (unpaired) electrons. The predicted molar refractivity (Wildman–Crippen MR) is 81.2 cm³/mol. The fourth-order valence-corrected chi connectivity index (χ4v) is 2.70. The van der Waals surface area contributed by atoms with Gasteiger partial charge in [0, 0.05) is 12.6 Å². The van der Waals surface area contributed by atoms with Crippen molar-refractivity contribution in [2.45, 2.75) is 59.5 Å². The number of nitrogens with zero attached hydrogens (tertiary/aromatic N) is 1. The molecule has 2 N–H and O–H groups in total. The monoisotopic (exact) mass is 266 g/mol. The summed E-state index contributed by atoms with van der Waals surface area (Å²) < 4.78 is 5.82. The van der Waals surface area contributed by atoms with E-state index in [0.717, 1.165) is 30.5 Å². The molecule has 2 atom stereocenters. The third kappa shape index (κ3) is 4.36. The molecule has 1 rings (SSSR count). The summed E-state index contributed by atoms with van der Waals surface area (Å²) in [5, 5.41) is 0. The van der Waals surface area contributed by atoms with Gasteiger partial charge in [-0.2, -0.15) is 0 Å². The number of likely N-dealkylation sites (N-methyl/N-ethyl adjacent to an activating group) is 1. The van der Waals surface area contributed by atoms with Crippen LogP contribution in [0.3, 0.4) is 0 Å². The fourth-order valence-electron chi connectivity index (χ4n) is 2.70. The van der Waals surface area contributed by atoms with E-state index in [1.54, 1.807) is 0 Å². The van der Waals surface area contributed by atoms with Crippen LogP contribution in [0.15, 0.2) is 16.5 Å². The molecule has 0 aliphatic heterocycles. The Morgan fingerprint density at radius 1 is 1.21 bits per heavy atom. The van der Waals surface area contributed by atoms with Gasteiger partial charge in [0.2, 0.25) is 0 Å². The molecule has 0 fully saturated rings. The van der Waals surface area contributed by atoms with E-state index in [4.69, 9.17) is 10.2 Å². The maximum Gasteiger partial charge on any atom is 0.122 e. The average molecular weight is 266 g/mol.